The van der Waals surface area contributed by atoms with Gasteiger partial charge < -0.3 is 5.32 Å². The standard InChI is InChI=1S/C14H19NOSi/c1-11-6-7-13(14(16)15-2)10-12(11)8-9-17(3,4)5/h6-7,10H,1-5H3,(H,15,16). The van der Waals surface area contributed by atoms with E-state index in [-0.39, 0.29) is 5.91 Å². The van der Waals surface area contributed by atoms with Crippen molar-refractivity contribution >= 4 is 14.0 Å². The van der Waals surface area contributed by atoms with Crippen LogP contribution in [-0.2, 0) is 0 Å². The van der Waals surface area contributed by atoms with Crippen LogP contribution in [0, 0.1) is 18.4 Å². The van der Waals surface area contributed by atoms with Crippen LogP contribution in [0.1, 0.15) is 21.5 Å². The summed E-state index contributed by atoms with van der Waals surface area (Å²) in [5, 5.41) is 2.62. The number of nitrogens with one attached hydrogen (secondary N) is 1. The minimum absolute atomic E-state index is 0.0685. The number of carbonyl (C=O) groups excluding carboxylic acids is 1. The lowest BCUT2D eigenvalue weighted by Gasteiger charge is -2.06. The topological polar surface area (TPSA) is 29.1 Å². The van der Waals surface area contributed by atoms with E-state index in [0.717, 1.165) is 11.1 Å². The second-order valence-electron chi connectivity index (χ2n) is 5.11. The normalized spacial score (nSPS) is 10.4. The molecule has 0 atom stereocenters. The highest BCUT2D eigenvalue weighted by atomic mass is 28.3. The van der Waals surface area contributed by atoms with Gasteiger partial charge in [-0.2, -0.15) is 0 Å². The number of benzene rings is 1. The maximum absolute atomic E-state index is 11.5. The molecule has 0 unspecified atom stereocenters. The Labute approximate surface area is 104 Å². The Balaban J connectivity index is 3.14. The first kappa shape index (κ1) is 13.5. The van der Waals surface area contributed by atoms with Crippen molar-refractivity contribution in [2.45, 2.75) is 26.6 Å². The Hall–Kier alpha value is -1.53. The Morgan fingerprint density at radius 3 is 2.47 bits per heavy atom. The van der Waals surface area contributed by atoms with Gasteiger partial charge in [0.25, 0.3) is 5.91 Å². The molecular weight excluding hydrogens is 226 g/mol. The van der Waals surface area contributed by atoms with Crippen LogP contribution in [0.3, 0.4) is 0 Å². The highest BCUT2D eigenvalue weighted by Gasteiger charge is 2.09. The number of hydrogen-bond acceptors (Lipinski definition) is 1. The maximum atomic E-state index is 11.5. The summed E-state index contributed by atoms with van der Waals surface area (Å²) in [7, 11) is 0.257. The van der Waals surface area contributed by atoms with Gasteiger partial charge in [-0.15, -0.1) is 5.54 Å². The fraction of sp³-hybridized carbons (Fsp3) is 0.357. The molecule has 0 bridgehead atoms. The summed E-state index contributed by atoms with van der Waals surface area (Å²) in [5.41, 5.74) is 6.05. The summed E-state index contributed by atoms with van der Waals surface area (Å²) in [6.45, 7) is 8.63. The first-order valence-corrected chi connectivity index (χ1v) is 9.19. The molecule has 0 spiro atoms. The molecule has 0 aliphatic carbocycles. The van der Waals surface area contributed by atoms with Gasteiger partial charge in [0.1, 0.15) is 8.07 Å². The van der Waals surface area contributed by atoms with Crippen LogP contribution in [-0.4, -0.2) is 21.0 Å². The molecule has 2 nitrogen and oxygen atoms in total. The Kier molecular flexibility index (Phi) is 4.14. The van der Waals surface area contributed by atoms with Crippen LogP contribution in [0.15, 0.2) is 18.2 Å². The van der Waals surface area contributed by atoms with Crippen LogP contribution in [0.2, 0.25) is 19.6 Å². The second kappa shape index (κ2) is 5.20. The summed E-state index contributed by atoms with van der Waals surface area (Å²) in [5.74, 6) is 3.14. The molecule has 90 valence electrons. The van der Waals surface area contributed by atoms with Gasteiger partial charge in [-0.05, 0) is 24.6 Å². The molecule has 0 saturated carbocycles. The third-order valence-corrected chi connectivity index (χ3v) is 3.17. The lowest BCUT2D eigenvalue weighted by molar-refractivity contribution is 0.0963. The van der Waals surface area contributed by atoms with Crippen LogP contribution in [0.4, 0.5) is 0 Å². The Morgan fingerprint density at radius 2 is 1.94 bits per heavy atom. The SMILES string of the molecule is CNC(=O)c1ccc(C)c(C#C[Si](C)(C)C)c1. The van der Waals surface area contributed by atoms with E-state index in [9.17, 15) is 4.79 Å². The van der Waals surface area contributed by atoms with E-state index in [1.54, 1.807) is 7.05 Å². The fourth-order valence-electron chi connectivity index (χ4n) is 1.30. The molecule has 1 N–H and O–H groups in total. The van der Waals surface area contributed by atoms with Crippen LogP contribution < -0.4 is 5.32 Å². The van der Waals surface area contributed by atoms with Crippen molar-refractivity contribution in [1.82, 2.24) is 5.32 Å². The third-order valence-electron chi connectivity index (χ3n) is 2.30. The third kappa shape index (κ3) is 4.08. The molecule has 0 heterocycles. The van der Waals surface area contributed by atoms with Crippen molar-refractivity contribution in [3.8, 4) is 11.5 Å². The first-order chi connectivity index (χ1) is 7.83. The van der Waals surface area contributed by atoms with Gasteiger partial charge in [-0.1, -0.05) is 31.6 Å². The molecule has 3 heteroatoms. The minimum atomic E-state index is -1.38. The van der Waals surface area contributed by atoms with Gasteiger partial charge >= 0.3 is 0 Å². The van der Waals surface area contributed by atoms with Crippen LogP contribution in [0.25, 0.3) is 0 Å². The van der Waals surface area contributed by atoms with Gasteiger partial charge in [-0.25, -0.2) is 0 Å². The van der Waals surface area contributed by atoms with E-state index in [1.807, 2.05) is 25.1 Å². The van der Waals surface area contributed by atoms with Crippen molar-refractivity contribution in [3.05, 3.63) is 34.9 Å². The van der Waals surface area contributed by atoms with E-state index in [4.69, 9.17) is 0 Å². The summed E-state index contributed by atoms with van der Waals surface area (Å²) in [4.78, 5) is 11.5. The molecule has 0 radical (unpaired) electrons. The lowest BCUT2D eigenvalue weighted by Crippen LogP contribution is -2.18. The molecule has 1 aromatic carbocycles. The molecule has 0 aliphatic rings. The maximum Gasteiger partial charge on any atom is 0.251 e. The Morgan fingerprint density at radius 1 is 1.29 bits per heavy atom. The fourth-order valence-corrected chi connectivity index (χ4v) is 1.81. The summed E-state index contributed by atoms with van der Waals surface area (Å²) in [6, 6.07) is 5.63. The van der Waals surface area contributed by atoms with Crippen molar-refractivity contribution in [2.75, 3.05) is 7.05 Å². The van der Waals surface area contributed by atoms with Crippen molar-refractivity contribution in [1.29, 1.82) is 0 Å². The van der Waals surface area contributed by atoms with E-state index in [1.165, 1.54) is 0 Å². The molecule has 0 aromatic heterocycles. The molecular formula is C14H19NOSi. The highest BCUT2D eigenvalue weighted by molar-refractivity contribution is 6.83. The van der Waals surface area contributed by atoms with Gasteiger partial charge in [0, 0.05) is 18.2 Å². The summed E-state index contributed by atoms with van der Waals surface area (Å²) < 4.78 is 0. The number of aryl methyl sites for hydroxylation is 1. The number of hydrogen-bond donors (Lipinski definition) is 1. The van der Waals surface area contributed by atoms with Gasteiger partial charge in [0.05, 0.1) is 0 Å². The van der Waals surface area contributed by atoms with Crippen molar-refractivity contribution in [3.63, 3.8) is 0 Å². The molecule has 0 aliphatic heterocycles. The minimum Gasteiger partial charge on any atom is -0.355 e. The first-order valence-electron chi connectivity index (χ1n) is 5.69. The van der Waals surface area contributed by atoms with Crippen LogP contribution >= 0.6 is 0 Å². The van der Waals surface area contributed by atoms with Gasteiger partial charge in [0.2, 0.25) is 0 Å². The predicted octanol–water partition coefficient (Wildman–Crippen LogP) is 2.58. The highest BCUT2D eigenvalue weighted by Crippen LogP contribution is 2.10. The molecule has 17 heavy (non-hydrogen) atoms. The second-order valence-corrected chi connectivity index (χ2v) is 9.86. The van der Waals surface area contributed by atoms with Gasteiger partial charge in [-0.3, -0.25) is 4.79 Å². The zero-order valence-corrected chi connectivity index (χ0v) is 12.1. The average Bonchev–Trinajstić information content (AvgIpc) is 2.26. The van der Waals surface area contributed by atoms with E-state index < -0.39 is 8.07 Å². The molecule has 1 aromatic rings. The predicted molar refractivity (Wildman–Crippen MR) is 74.8 cm³/mol. The largest absolute Gasteiger partial charge is 0.355 e. The molecule has 0 fully saturated rings. The quantitative estimate of drug-likeness (QED) is 0.598. The molecule has 1 rings (SSSR count). The zero-order chi connectivity index (χ0) is 13.1. The summed E-state index contributed by atoms with van der Waals surface area (Å²) >= 11 is 0. The zero-order valence-electron chi connectivity index (χ0n) is 11.1. The molecule has 1 amide bonds. The number of amides is 1. The molecule has 0 saturated heterocycles. The smallest absolute Gasteiger partial charge is 0.251 e. The number of rotatable bonds is 1. The van der Waals surface area contributed by atoms with E-state index >= 15 is 0 Å². The van der Waals surface area contributed by atoms with Crippen molar-refractivity contribution in [2.24, 2.45) is 0 Å². The monoisotopic (exact) mass is 245 g/mol. The lowest BCUT2D eigenvalue weighted by atomic mass is 10.1. The van der Waals surface area contributed by atoms with Gasteiger partial charge in [0.15, 0.2) is 0 Å². The van der Waals surface area contributed by atoms with E-state index in [0.29, 0.717) is 5.56 Å². The number of carbonyl (C=O) groups is 1. The Bertz CT molecular complexity index is 489. The van der Waals surface area contributed by atoms with E-state index in [2.05, 4.69) is 36.4 Å². The van der Waals surface area contributed by atoms with Crippen molar-refractivity contribution < 1.29 is 4.79 Å². The summed E-state index contributed by atoms with van der Waals surface area (Å²) in [6.07, 6.45) is 0. The van der Waals surface area contributed by atoms with Crippen LogP contribution in [0.5, 0.6) is 0 Å². The average molecular weight is 245 g/mol.